The van der Waals surface area contributed by atoms with E-state index in [0.717, 1.165) is 28.9 Å². The lowest BCUT2D eigenvalue weighted by atomic mass is 10.1. The SMILES string of the molecule is COC(=O)c1c[nH]c(=O)cc1NCc1ccccc1.COC(=O)c1ccc(Br)cc1[N+](=O)[O-].COC(=O)c1cn(-c2ccc(C(=O)OC)c([N+](=O)[O-])c2)c(=O)cc1NCc1ccccc1. The number of pyridine rings is 2. The quantitative estimate of drug-likeness (QED) is 0.0462. The summed E-state index contributed by atoms with van der Waals surface area (Å²) in [4.78, 5) is 94.0. The van der Waals surface area contributed by atoms with Crippen LogP contribution in [0.2, 0.25) is 0 Å². The number of nitro benzene ring substituents is 2. The lowest BCUT2D eigenvalue weighted by molar-refractivity contribution is -0.385. The van der Waals surface area contributed by atoms with Gasteiger partial charge < -0.3 is 34.6 Å². The molecule has 0 saturated heterocycles. The van der Waals surface area contributed by atoms with E-state index >= 15 is 0 Å². The Morgan fingerprint density at radius 2 is 1.05 bits per heavy atom. The van der Waals surface area contributed by atoms with Gasteiger partial charge in [0.2, 0.25) is 5.56 Å². The number of ether oxygens (including phenoxy) is 4. The fraction of sp³-hybridized carbons (Fsp3) is 0.136. The molecule has 0 spiro atoms. The summed E-state index contributed by atoms with van der Waals surface area (Å²) in [5.41, 5.74) is 1.20. The average Bonchev–Trinajstić information content (AvgIpc) is 3.32. The number of hydrogen-bond acceptors (Lipinski definition) is 16. The van der Waals surface area contributed by atoms with Crippen molar-refractivity contribution in [2.24, 2.45) is 0 Å². The lowest BCUT2D eigenvalue weighted by Gasteiger charge is -2.14. The predicted octanol–water partition coefficient (Wildman–Crippen LogP) is 6.85. The van der Waals surface area contributed by atoms with Gasteiger partial charge in [0.1, 0.15) is 11.1 Å². The van der Waals surface area contributed by atoms with Crippen molar-refractivity contribution >= 4 is 62.6 Å². The first-order valence-corrected chi connectivity index (χ1v) is 19.5. The van der Waals surface area contributed by atoms with Crippen LogP contribution >= 0.6 is 15.9 Å². The molecule has 6 rings (SSSR count). The molecule has 0 atom stereocenters. The Kier molecular flexibility index (Phi) is 17.9. The van der Waals surface area contributed by atoms with Crippen LogP contribution in [0.4, 0.5) is 22.7 Å². The number of nitrogens with zero attached hydrogens (tertiary/aromatic N) is 3. The summed E-state index contributed by atoms with van der Waals surface area (Å²) in [6, 6.07) is 29.3. The summed E-state index contributed by atoms with van der Waals surface area (Å²) in [7, 11) is 4.78. The minimum Gasteiger partial charge on any atom is -0.465 e. The molecule has 6 aromatic rings. The molecular weight excluding hydrogens is 916 g/mol. The molecule has 0 bridgehead atoms. The molecule has 3 N–H and O–H groups in total. The lowest BCUT2D eigenvalue weighted by Crippen LogP contribution is -2.22. The average molecular weight is 956 g/mol. The predicted molar refractivity (Wildman–Crippen MR) is 239 cm³/mol. The Hall–Kier alpha value is -8.46. The monoisotopic (exact) mass is 954 g/mol. The molecule has 0 aliphatic carbocycles. The zero-order chi connectivity index (χ0) is 47.6. The number of halogens is 1. The van der Waals surface area contributed by atoms with E-state index in [4.69, 9.17) is 4.74 Å². The summed E-state index contributed by atoms with van der Waals surface area (Å²) in [5, 5.41) is 28.1. The van der Waals surface area contributed by atoms with Crippen LogP contribution in [0.3, 0.4) is 0 Å². The van der Waals surface area contributed by atoms with Crippen molar-refractivity contribution < 1.29 is 48.0 Å². The largest absolute Gasteiger partial charge is 0.465 e. The number of anilines is 2. The maximum atomic E-state index is 12.8. The van der Waals surface area contributed by atoms with Gasteiger partial charge in [0.15, 0.2) is 0 Å². The van der Waals surface area contributed by atoms with E-state index in [1.54, 1.807) is 6.07 Å². The molecular formula is C44H39BrN6O14. The van der Waals surface area contributed by atoms with Gasteiger partial charge in [-0.1, -0.05) is 76.6 Å². The zero-order valence-corrected chi connectivity index (χ0v) is 36.5. The molecule has 0 aliphatic rings. The number of methoxy groups -OCH3 is 4. The second kappa shape index (κ2) is 23.7. The van der Waals surface area contributed by atoms with Gasteiger partial charge in [-0.15, -0.1) is 0 Å². The molecule has 20 nitrogen and oxygen atoms in total. The number of carbonyl (C=O) groups excluding carboxylic acids is 4. The highest BCUT2D eigenvalue weighted by atomic mass is 79.9. The normalized spacial score (nSPS) is 10.0. The van der Waals surface area contributed by atoms with E-state index in [-0.39, 0.29) is 39.3 Å². The van der Waals surface area contributed by atoms with Crippen molar-refractivity contribution in [2.45, 2.75) is 13.1 Å². The Morgan fingerprint density at radius 1 is 0.600 bits per heavy atom. The molecule has 0 fully saturated rings. The summed E-state index contributed by atoms with van der Waals surface area (Å²) in [6.45, 7) is 0.877. The van der Waals surface area contributed by atoms with Crippen molar-refractivity contribution in [3.8, 4) is 5.69 Å². The standard InChI is InChI=1S/C22H19N3O7.C14H14N2O3.C8H6BrNO4/c1-31-21(27)16-9-8-15(10-19(16)25(29)30)24-13-17(22(28)32-2)18(11-20(24)26)23-12-14-6-4-3-5-7-14;1-19-14(18)11-9-16-13(17)7-12(11)15-8-10-5-3-2-4-6-10;1-14-8(11)6-3-2-5(9)4-7(6)10(12)13/h3-11,13,23H,12H2,1-2H3;2-7,9H,8H2,1H3,(H2,15,16,17);2-4H,1H3. The summed E-state index contributed by atoms with van der Waals surface area (Å²) in [5.74, 6) is -2.79. The fourth-order valence-corrected chi connectivity index (χ4v) is 6.03. The Labute approximate surface area is 377 Å². The Bertz CT molecular complexity index is 2820. The highest BCUT2D eigenvalue weighted by molar-refractivity contribution is 9.10. The second-order valence-corrected chi connectivity index (χ2v) is 13.9. The van der Waals surface area contributed by atoms with E-state index in [9.17, 15) is 49.0 Å². The van der Waals surface area contributed by atoms with Gasteiger partial charge in [0.25, 0.3) is 16.9 Å². The van der Waals surface area contributed by atoms with Crippen molar-refractivity contribution in [3.63, 3.8) is 0 Å². The molecule has 0 aliphatic heterocycles. The number of esters is 4. The van der Waals surface area contributed by atoms with E-state index in [0.29, 0.717) is 28.8 Å². The van der Waals surface area contributed by atoms with Crippen molar-refractivity contribution in [1.82, 2.24) is 9.55 Å². The zero-order valence-electron chi connectivity index (χ0n) is 34.9. The van der Waals surface area contributed by atoms with Gasteiger partial charge in [-0.3, -0.25) is 34.4 Å². The van der Waals surface area contributed by atoms with Crippen LogP contribution in [-0.2, 0) is 32.0 Å². The molecule has 2 heterocycles. The molecule has 0 saturated carbocycles. The van der Waals surface area contributed by atoms with Gasteiger partial charge in [0, 0.05) is 54.2 Å². The summed E-state index contributed by atoms with van der Waals surface area (Å²) >= 11 is 3.08. The summed E-state index contributed by atoms with van der Waals surface area (Å²) < 4.78 is 20.1. The smallest absolute Gasteiger partial charge is 0.344 e. The number of benzene rings is 4. The third kappa shape index (κ3) is 13.5. The first kappa shape index (κ1) is 49.2. The number of hydrogen-bond donors (Lipinski definition) is 3. The maximum absolute atomic E-state index is 12.8. The molecule has 65 heavy (non-hydrogen) atoms. The minimum absolute atomic E-state index is 0.0549. The molecule has 0 amide bonds. The van der Waals surface area contributed by atoms with Gasteiger partial charge in [-0.2, -0.15) is 0 Å². The number of H-pyrrole nitrogens is 1. The number of nitrogens with one attached hydrogen (secondary N) is 3. The minimum atomic E-state index is -0.883. The van der Waals surface area contributed by atoms with Crippen molar-refractivity contribution in [2.75, 3.05) is 39.1 Å². The first-order chi connectivity index (χ1) is 31.1. The molecule has 0 unspecified atom stereocenters. The van der Waals surface area contributed by atoms with Gasteiger partial charge in [-0.25, -0.2) is 19.2 Å². The van der Waals surface area contributed by atoms with Gasteiger partial charge >= 0.3 is 23.9 Å². The van der Waals surface area contributed by atoms with Gasteiger partial charge in [0.05, 0.1) is 66.5 Å². The van der Waals surface area contributed by atoms with E-state index in [1.165, 1.54) is 70.1 Å². The molecule has 2 aromatic heterocycles. The van der Waals surface area contributed by atoms with Crippen LogP contribution < -0.4 is 21.8 Å². The number of aromatic amines is 1. The number of aromatic nitrogens is 2. The third-order valence-electron chi connectivity index (χ3n) is 8.86. The molecule has 0 radical (unpaired) electrons. The number of nitro groups is 2. The van der Waals surface area contributed by atoms with Crippen molar-refractivity contribution in [1.29, 1.82) is 0 Å². The van der Waals surface area contributed by atoms with E-state index in [2.05, 4.69) is 45.8 Å². The summed E-state index contributed by atoms with van der Waals surface area (Å²) in [6.07, 6.45) is 2.58. The highest BCUT2D eigenvalue weighted by Gasteiger charge is 2.24. The van der Waals surface area contributed by atoms with Crippen LogP contribution in [0.25, 0.3) is 5.69 Å². The number of carbonyl (C=O) groups is 4. The van der Waals surface area contributed by atoms with Crippen LogP contribution in [0.5, 0.6) is 0 Å². The molecule has 21 heteroatoms. The van der Waals surface area contributed by atoms with Crippen LogP contribution in [0.15, 0.2) is 136 Å². The topological polar surface area (TPSA) is 270 Å². The second-order valence-electron chi connectivity index (χ2n) is 13.0. The third-order valence-corrected chi connectivity index (χ3v) is 9.36. The van der Waals surface area contributed by atoms with Crippen LogP contribution in [-0.4, -0.2) is 71.7 Å². The Morgan fingerprint density at radius 3 is 1.54 bits per heavy atom. The van der Waals surface area contributed by atoms with Gasteiger partial charge in [-0.05, 0) is 35.4 Å². The fourth-order valence-electron chi connectivity index (χ4n) is 5.68. The van der Waals surface area contributed by atoms with E-state index in [1.807, 2.05) is 60.7 Å². The maximum Gasteiger partial charge on any atom is 0.344 e. The van der Waals surface area contributed by atoms with Crippen LogP contribution in [0, 0.1) is 20.2 Å². The highest BCUT2D eigenvalue weighted by Crippen LogP contribution is 2.26. The number of rotatable bonds is 13. The molecule has 4 aromatic carbocycles. The van der Waals surface area contributed by atoms with Crippen LogP contribution in [0.1, 0.15) is 52.6 Å². The van der Waals surface area contributed by atoms with Crippen molar-refractivity contribution in [3.05, 3.63) is 200 Å². The van der Waals surface area contributed by atoms with E-state index < -0.39 is 45.0 Å². The molecule has 336 valence electrons. The Balaban J connectivity index is 0.000000237. The first-order valence-electron chi connectivity index (χ1n) is 18.7.